The highest BCUT2D eigenvalue weighted by atomic mass is 16.9. The Hall–Kier alpha value is -8.63. The van der Waals surface area contributed by atoms with Gasteiger partial charge in [-0.1, -0.05) is 200 Å². The van der Waals surface area contributed by atoms with Gasteiger partial charge in [0.25, 0.3) is 0 Å². The van der Waals surface area contributed by atoms with Crippen molar-refractivity contribution in [1.82, 2.24) is 0 Å². The Morgan fingerprint density at radius 1 is 0.347 bits per heavy atom. The molecule has 0 spiro atoms. The molecule has 0 aromatic heterocycles. The zero-order valence-corrected chi connectivity index (χ0v) is 54.5. The minimum Gasteiger partial charge on any atom is -0.463 e. The minimum atomic E-state index is -3.50. The molecule has 3 aliphatic heterocycles. The molecule has 0 aliphatic carbocycles. The van der Waals surface area contributed by atoms with Gasteiger partial charge in [-0.3, -0.25) is 19.2 Å². The molecule has 15 atom stereocenters. The van der Waals surface area contributed by atoms with Crippen molar-refractivity contribution in [3.05, 3.63) is 251 Å². The lowest BCUT2D eigenvalue weighted by molar-refractivity contribution is -0.511. The topological polar surface area (TPSA) is 273 Å². The van der Waals surface area contributed by atoms with Gasteiger partial charge >= 0.3 is 41.8 Å². The van der Waals surface area contributed by atoms with Crippen LogP contribution in [-0.2, 0) is 135 Å². The Morgan fingerprint density at radius 3 is 1.17 bits per heavy atom. The van der Waals surface area contributed by atoms with Crippen molar-refractivity contribution in [2.75, 3.05) is 19.8 Å². The summed E-state index contributed by atoms with van der Waals surface area (Å²) in [7, 11) is 0. The van der Waals surface area contributed by atoms with Crippen molar-refractivity contribution in [2.45, 2.75) is 159 Å². The molecule has 3 aliphatic rings. The summed E-state index contributed by atoms with van der Waals surface area (Å²) in [5, 5.41) is 28.0. The second-order valence-electron chi connectivity index (χ2n) is 23.5. The molecular weight excluding hydrogens is 1270 g/mol. The average Bonchev–Trinajstić information content (AvgIpc) is 0.734. The Kier molecular flexibility index (Phi) is 25.9. The van der Waals surface area contributed by atoms with Crippen LogP contribution in [0.15, 0.2) is 212 Å². The number of hydrogen-bond acceptors (Lipinski definition) is 23. The van der Waals surface area contributed by atoms with E-state index in [9.17, 15) is 34.2 Å². The number of carbonyl (C=O) groups is 5. The van der Waals surface area contributed by atoms with E-state index < -0.39 is 141 Å². The molecule has 0 amide bonds. The fraction of sp³-hybridized carbons (Fsp3) is 0.373. The molecule has 23 heteroatoms. The van der Waals surface area contributed by atoms with Crippen LogP contribution in [0.1, 0.15) is 71.4 Å². The van der Waals surface area contributed by atoms with Gasteiger partial charge < -0.3 is 86.0 Å². The van der Waals surface area contributed by atoms with Crippen LogP contribution >= 0.6 is 0 Å². The van der Waals surface area contributed by atoms with Crippen LogP contribution < -0.4 is 0 Å². The fourth-order valence-corrected chi connectivity index (χ4v) is 11.6. The minimum absolute atomic E-state index is 0.0155. The standard InChI is InChI=1S/C75H80O23/c1-49(76)85-48-62-63(90-50(2)77)67(91-51(3)78)71(92-52(4)79)75(82,96-62)98-68-64(94-72(80)59-38-24-11-25-39-59)61(47-84-41-54-28-14-6-15-29-54)95-74(81,70(68)88-44-57-34-20-9-21-35-57)97-65-60(46-83-40-53-26-12-5-13-27-53)93-73(89-45-58-36-22-10-23-37-58)69(87-43-56-32-18-8-19-33-56)66(65)86-42-55-30-16-7-17-31-55/h5-39,60-71,73,81-82H,40-48H2,1-4H3/t60-,61+,62-,63+,64-,65-,66+,67+,68-,69-,70+,71-,73-,74-,75+/m1/s1. The van der Waals surface area contributed by atoms with Gasteiger partial charge in [-0.15, -0.1) is 0 Å². The second kappa shape index (κ2) is 35.2. The lowest BCUT2D eigenvalue weighted by Crippen LogP contribution is -2.75. The van der Waals surface area contributed by atoms with Crippen molar-refractivity contribution in [3.63, 3.8) is 0 Å². The van der Waals surface area contributed by atoms with Crippen LogP contribution in [0, 0.1) is 0 Å². The highest BCUT2D eigenvalue weighted by molar-refractivity contribution is 5.89. The molecule has 3 heterocycles. The lowest BCUT2D eigenvalue weighted by atomic mass is 9.93. The number of aliphatic hydroxyl groups is 2. The Labute approximate surface area is 567 Å². The van der Waals surface area contributed by atoms with Crippen molar-refractivity contribution in [1.29, 1.82) is 0 Å². The summed E-state index contributed by atoms with van der Waals surface area (Å²) in [6, 6.07) is 62.9. The first-order valence-corrected chi connectivity index (χ1v) is 32.1. The fourth-order valence-electron chi connectivity index (χ4n) is 11.6. The Bertz CT molecular complexity index is 3600. The third kappa shape index (κ3) is 20.0. The van der Waals surface area contributed by atoms with Crippen LogP contribution in [-0.4, -0.2) is 151 Å². The summed E-state index contributed by atoms with van der Waals surface area (Å²) >= 11 is 0. The number of esters is 5. The maximum absolute atomic E-state index is 14.9. The molecule has 3 fully saturated rings. The summed E-state index contributed by atoms with van der Waals surface area (Å²) in [5.74, 6) is -11.7. The van der Waals surface area contributed by atoms with E-state index in [4.69, 9.17) is 75.8 Å². The SMILES string of the molecule is CC(=O)OC[C@H]1O[C@](O)(O[C@@H]2[C@H](OC(=O)c3ccccc3)[C@H](COCc3ccccc3)O[C@@](O)(O[C@H]3[C@H](OCc4ccccc4)[C@@H](OCc4ccccc4)[C@H](OCc4ccccc4)O[C@@H]3COCc3ccccc3)[C@H]2OCc2ccccc2)[C@H](OC(C)=O)[C@@H](OC(C)=O)[C@H]1OC(C)=O. The zero-order valence-electron chi connectivity index (χ0n) is 54.5. The summed E-state index contributed by atoms with van der Waals surface area (Å²) in [6.45, 7) is 1.88. The second-order valence-corrected chi connectivity index (χ2v) is 23.5. The quantitative estimate of drug-likeness (QED) is 0.0234. The molecular formula is C75H80O23. The molecule has 98 heavy (non-hydrogen) atoms. The van der Waals surface area contributed by atoms with Gasteiger partial charge in [0.15, 0.2) is 30.7 Å². The largest absolute Gasteiger partial charge is 0.463 e. The molecule has 2 N–H and O–H groups in total. The lowest BCUT2D eigenvalue weighted by Gasteiger charge is -2.54. The van der Waals surface area contributed by atoms with Crippen LogP contribution in [0.25, 0.3) is 0 Å². The Morgan fingerprint density at radius 2 is 0.714 bits per heavy atom. The monoisotopic (exact) mass is 1350 g/mol. The van der Waals surface area contributed by atoms with Gasteiger partial charge in [-0.05, 0) is 45.5 Å². The van der Waals surface area contributed by atoms with Crippen molar-refractivity contribution < 1.29 is 110 Å². The maximum Gasteiger partial charge on any atom is 0.338 e. The first kappa shape index (κ1) is 72.1. The molecule has 7 aromatic rings. The first-order valence-electron chi connectivity index (χ1n) is 32.1. The van der Waals surface area contributed by atoms with E-state index in [1.165, 1.54) is 12.1 Å². The first-order chi connectivity index (χ1) is 47.5. The molecule has 0 bridgehead atoms. The van der Waals surface area contributed by atoms with Crippen molar-refractivity contribution in [3.8, 4) is 0 Å². The zero-order chi connectivity index (χ0) is 68.9. The summed E-state index contributed by atoms with van der Waals surface area (Å²) in [5.41, 5.74) is 4.29. The molecule has 0 saturated carbocycles. The molecule has 518 valence electrons. The number of benzene rings is 7. The molecule has 23 nitrogen and oxygen atoms in total. The summed E-state index contributed by atoms with van der Waals surface area (Å²) in [6.07, 6.45) is -22.8. The van der Waals surface area contributed by atoms with Crippen LogP contribution in [0.5, 0.6) is 0 Å². The summed E-state index contributed by atoms with van der Waals surface area (Å²) in [4.78, 5) is 67.3. The predicted octanol–water partition coefficient (Wildman–Crippen LogP) is 8.56. The van der Waals surface area contributed by atoms with E-state index in [1.54, 1.807) is 72.8 Å². The van der Waals surface area contributed by atoms with Crippen molar-refractivity contribution in [2.24, 2.45) is 0 Å². The molecule has 3 saturated heterocycles. The molecule has 10 rings (SSSR count). The van der Waals surface area contributed by atoms with Gasteiger partial charge in [0, 0.05) is 27.7 Å². The van der Waals surface area contributed by atoms with E-state index >= 15 is 0 Å². The molecule has 0 radical (unpaired) electrons. The van der Waals surface area contributed by atoms with Gasteiger partial charge in [0.2, 0.25) is 6.10 Å². The highest BCUT2D eigenvalue weighted by Crippen LogP contribution is 2.45. The highest BCUT2D eigenvalue weighted by Gasteiger charge is 2.68. The van der Waals surface area contributed by atoms with Crippen LogP contribution in [0.4, 0.5) is 0 Å². The molecule has 7 aromatic carbocycles. The third-order valence-electron chi connectivity index (χ3n) is 16.0. The van der Waals surface area contributed by atoms with Gasteiger partial charge in [-0.2, -0.15) is 0 Å². The number of carbonyl (C=O) groups excluding carboxylic acids is 5. The average molecular weight is 1350 g/mol. The van der Waals surface area contributed by atoms with Gasteiger partial charge in [0.1, 0.15) is 49.3 Å². The number of hydrogen-bond donors (Lipinski definition) is 2. The molecule has 0 unspecified atom stereocenters. The smallest absolute Gasteiger partial charge is 0.338 e. The number of rotatable bonds is 31. The van der Waals surface area contributed by atoms with Crippen LogP contribution in [0.2, 0.25) is 0 Å². The van der Waals surface area contributed by atoms with E-state index in [-0.39, 0.29) is 45.2 Å². The maximum atomic E-state index is 14.9. The number of ether oxygens (including phenoxy) is 16. The van der Waals surface area contributed by atoms with Gasteiger partial charge in [0.05, 0.1) is 58.4 Å². The van der Waals surface area contributed by atoms with E-state index in [1.807, 2.05) is 127 Å². The predicted molar refractivity (Wildman–Crippen MR) is 345 cm³/mol. The third-order valence-corrected chi connectivity index (χ3v) is 16.0. The normalized spacial score (nSPS) is 26.8. The van der Waals surface area contributed by atoms with E-state index in [0.29, 0.717) is 11.1 Å². The van der Waals surface area contributed by atoms with Gasteiger partial charge in [-0.25, -0.2) is 4.79 Å². The van der Waals surface area contributed by atoms with Crippen LogP contribution in [0.3, 0.4) is 0 Å². The van der Waals surface area contributed by atoms with E-state index in [0.717, 1.165) is 49.9 Å². The Balaban J connectivity index is 1.17. The van der Waals surface area contributed by atoms with Crippen molar-refractivity contribution >= 4 is 29.8 Å². The van der Waals surface area contributed by atoms with E-state index in [2.05, 4.69) is 0 Å². The summed E-state index contributed by atoms with van der Waals surface area (Å²) < 4.78 is 104.